The third-order valence-corrected chi connectivity index (χ3v) is 4.12. The first-order valence-electron chi connectivity index (χ1n) is 6.50. The molecule has 0 N–H and O–H groups in total. The van der Waals surface area contributed by atoms with Crippen molar-refractivity contribution < 1.29 is 4.74 Å². The van der Waals surface area contributed by atoms with Crippen molar-refractivity contribution in [2.45, 2.75) is 10.6 Å². The number of thioether (sulfide) groups is 1. The summed E-state index contributed by atoms with van der Waals surface area (Å²) < 4.78 is 6.67. The second-order valence-corrected chi connectivity index (χ2v) is 5.53. The van der Waals surface area contributed by atoms with Gasteiger partial charge in [0.1, 0.15) is 11.4 Å². The average Bonchev–Trinajstić information content (AvgIpc) is 2.53. The van der Waals surface area contributed by atoms with Crippen molar-refractivity contribution in [2.24, 2.45) is 0 Å². The monoisotopic (exact) mass is 298 g/mol. The van der Waals surface area contributed by atoms with E-state index < -0.39 is 0 Å². The van der Waals surface area contributed by atoms with Gasteiger partial charge in [0.25, 0.3) is 5.56 Å². The highest BCUT2D eigenvalue weighted by Gasteiger charge is 2.03. The van der Waals surface area contributed by atoms with Gasteiger partial charge in [-0.25, -0.2) is 4.98 Å². The Morgan fingerprint density at radius 3 is 2.76 bits per heavy atom. The number of rotatable bonds is 4. The van der Waals surface area contributed by atoms with Crippen molar-refractivity contribution in [1.29, 1.82) is 0 Å². The molecule has 0 aliphatic rings. The number of ether oxygens (including phenoxy) is 1. The fourth-order valence-corrected chi connectivity index (χ4v) is 2.80. The zero-order chi connectivity index (χ0) is 14.7. The minimum atomic E-state index is -0.0501. The van der Waals surface area contributed by atoms with Crippen LogP contribution in [0, 0.1) is 0 Å². The lowest BCUT2D eigenvalue weighted by Crippen LogP contribution is -2.14. The Bertz CT molecular complexity index is 812. The zero-order valence-electron chi connectivity index (χ0n) is 11.5. The highest BCUT2D eigenvalue weighted by atomic mass is 32.2. The van der Waals surface area contributed by atoms with E-state index in [0.717, 1.165) is 16.3 Å². The lowest BCUT2D eigenvalue weighted by Gasteiger charge is -2.05. The molecule has 0 unspecified atom stereocenters. The van der Waals surface area contributed by atoms with Crippen LogP contribution in [0.5, 0.6) is 5.75 Å². The smallest absolute Gasteiger partial charge is 0.258 e. The topological polar surface area (TPSA) is 43.6 Å². The summed E-state index contributed by atoms with van der Waals surface area (Å²) in [5.41, 5.74) is 1.41. The molecule has 0 spiro atoms. The molecule has 1 aromatic carbocycles. The Hall–Kier alpha value is -2.27. The van der Waals surface area contributed by atoms with Crippen LogP contribution in [-0.2, 0) is 5.75 Å². The fourth-order valence-electron chi connectivity index (χ4n) is 2.01. The Labute approximate surface area is 126 Å². The molecule has 0 atom stereocenters. The van der Waals surface area contributed by atoms with Gasteiger partial charge < -0.3 is 4.74 Å². The van der Waals surface area contributed by atoms with Gasteiger partial charge in [0.15, 0.2) is 0 Å². The minimum Gasteiger partial charge on any atom is -0.497 e. The Kier molecular flexibility index (Phi) is 3.92. The molecule has 2 aromatic heterocycles. The third-order valence-electron chi connectivity index (χ3n) is 3.07. The number of hydrogen-bond acceptors (Lipinski definition) is 4. The number of nitrogens with zero attached hydrogens (tertiary/aromatic N) is 2. The molecule has 0 radical (unpaired) electrons. The van der Waals surface area contributed by atoms with E-state index in [2.05, 4.69) is 4.98 Å². The van der Waals surface area contributed by atoms with Crippen LogP contribution in [0.3, 0.4) is 0 Å². The molecule has 5 heteroatoms. The highest BCUT2D eigenvalue weighted by Crippen LogP contribution is 2.24. The predicted octanol–water partition coefficient (Wildman–Crippen LogP) is 3.00. The number of benzene rings is 1. The maximum absolute atomic E-state index is 12.0. The summed E-state index contributed by atoms with van der Waals surface area (Å²) in [6.07, 6.45) is 1.73. The molecule has 21 heavy (non-hydrogen) atoms. The van der Waals surface area contributed by atoms with Crippen molar-refractivity contribution >= 4 is 17.4 Å². The van der Waals surface area contributed by atoms with Crippen LogP contribution in [0.4, 0.5) is 0 Å². The number of fused-ring (bicyclic) bond motifs is 1. The second kappa shape index (κ2) is 6.01. The summed E-state index contributed by atoms with van der Waals surface area (Å²) >= 11 is 1.64. The van der Waals surface area contributed by atoms with Crippen LogP contribution in [0.1, 0.15) is 5.69 Å². The summed E-state index contributed by atoms with van der Waals surface area (Å²) in [5, 5.41) is 0. The van der Waals surface area contributed by atoms with Gasteiger partial charge in [-0.15, -0.1) is 11.8 Å². The molecule has 3 rings (SSSR count). The summed E-state index contributed by atoms with van der Waals surface area (Å²) in [4.78, 5) is 17.6. The molecule has 106 valence electrons. The standard InChI is InChI=1S/C16H14N2O2S/c1-20-13-5-7-14(8-6-13)21-11-12-10-16(19)18-9-3-2-4-15(18)17-12/h2-10H,11H2,1H3. The largest absolute Gasteiger partial charge is 0.497 e. The molecule has 0 fully saturated rings. The van der Waals surface area contributed by atoms with Crippen molar-refractivity contribution in [3.63, 3.8) is 0 Å². The lowest BCUT2D eigenvalue weighted by molar-refractivity contribution is 0.414. The van der Waals surface area contributed by atoms with E-state index in [-0.39, 0.29) is 5.56 Å². The summed E-state index contributed by atoms with van der Waals surface area (Å²) in [6, 6.07) is 15.0. The van der Waals surface area contributed by atoms with Gasteiger partial charge in [0.05, 0.1) is 12.8 Å². The molecular weight excluding hydrogens is 284 g/mol. The quantitative estimate of drug-likeness (QED) is 0.695. The van der Waals surface area contributed by atoms with E-state index in [0.29, 0.717) is 11.4 Å². The van der Waals surface area contributed by atoms with Crippen molar-refractivity contribution in [3.8, 4) is 5.75 Å². The minimum absolute atomic E-state index is 0.0501. The summed E-state index contributed by atoms with van der Waals surface area (Å²) in [7, 11) is 1.65. The first-order chi connectivity index (χ1) is 10.3. The number of methoxy groups -OCH3 is 1. The molecular formula is C16H14N2O2S. The van der Waals surface area contributed by atoms with Crippen LogP contribution in [-0.4, -0.2) is 16.5 Å². The molecule has 0 saturated heterocycles. The van der Waals surface area contributed by atoms with Gasteiger partial charge in [0.2, 0.25) is 0 Å². The molecule has 0 saturated carbocycles. The van der Waals surface area contributed by atoms with Crippen LogP contribution in [0.15, 0.2) is 64.4 Å². The maximum Gasteiger partial charge on any atom is 0.258 e. The molecule has 3 aromatic rings. The van der Waals surface area contributed by atoms with Crippen LogP contribution >= 0.6 is 11.8 Å². The average molecular weight is 298 g/mol. The van der Waals surface area contributed by atoms with Crippen LogP contribution in [0.25, 0.3) is 5.65 Å². The Balaban J connectivity index is 1.80. The molecule has 0 amide bonds. The molecule has 0 aliphatic carbocycles. The summed E-state index contributed by atoms with van der Waals surface area (Å²) in [6.45, 7) is 0. The predicted molar refractivity (Wildman–Crippen MR) is 84.0 cm³/mol. The van der Waals surface area contributed by atoms with E-state index in [1.807, 2.05) is 42.5 Å². The third kappa shape index (κ3) is 3.08. The van der Waals surface area contributed by atoms with Gasteiger partial charge in [-0.2, -0.15) is 0 Å². The fraction of sp³-hybridized carbons (Fsp3) is 0.125. The first kappa shape index (κ1) is 13.7. The zero-order valence-corrected chi connectivity index (χ0v) is 12.3. The van der Waals surface area contributed by atoms with Gasteiger partial charge in [-0.05, 0) is 36.4 Å². The molecule has 0 aliphatic heterocycles. The van der Waals surface area contributed by atoms with Gasteiger partial charge >= 0.3 is 0 Å². The molecule has 2 heterocycles. The second-order valence-electron chi connectivity index (χ2n) is 4.48. The normalized spacial score (nSPS) is 10.7. The van der Waals surface area contributed by atoms with Crippen molar-refractivity contribution in [1.82, 2.24) is 9.38 Å². The van der Waals surface area contributed by atoms with E-state index in [1.54, 1.807) is 35.5 Å². The Morgan fingerprint density at radius 1 is 1.19 bits per heavy atom. The van der Waals surface area contributed by atoms with E-state index in [9.17, 15) is 4.79 Å². The number of hydrogen-bond donors (Lipinski definition) is 0. The lowest BCUT2D eigenvalue weighted by atomic mass is 10.3. The summed E-state index contributed by atoms with van der Waals surface area (Å²) in [5.74, 6) is 1.49. The van der Waals surface area contributed by atoms with Crippen LogP contribution < -0.4 is 10.3 Å². The molecule has 4 nitrogen and oxygen atoms in total. The van der Waals surface area contributed by atoms with Gasteiger partial charge in [0, 0.05) is 22.9 Å². The van der Waals surface area contributed by atoms with E-state index in [4.69, 9.17) is 4.74 Å². The van der Waals surface area contributed by atoms with Crippen molar-refractivity contribution in [3.05, 3.63) is 70.8 Å². The highest BCUT2D eigenvalue weighted by molar-refractivity contribution is 7.98. The molecule has 0 bridgehead atoms. The maximum atomic E-state index is 12.0. The van der Waals surface area contributed by atoms with Gasteiger partial charge in [-0.1, -0.05) is 6.07 Å². The first-order valence-corrected chi connectivity index (χ1v) is 7.49. The van der Waals surface area contributed by atoms with Crippen molar-refractivity contribution in [2.75, 3.05) is 7.11 Å². The number of aromatic nitrogens is 2. The number of pyridine rings is 1. The van der Waals surface area contributed by atoms with Gasteiger partial charge in [-0.3, -0.25) is 9.20 Å². The SMILES string of the molecule is COc1ccc(SCc2cc(=O)n3ccccc3n2)cc1. The van der Waals surface area contributed by atoms with E-state index >= 15 is 0 Å². The van der Waals surface area contributed by atoms with E-state index in [1.165, 1.54) is 0 Å². The Morgan fingerprint density at radius 2 is 2.00 bits per heavy atom. The van der Waals surface area contributed by atoms with Crippen LogP contribution in [0.2, 0.25) is 0 Å².